The first-order chi connectivity index (χ1) is 13.2. The second kappa shape index (κ2) is 8.32. The third-order valence-corrected chi connectivity index (χ3v) is 5.00. The molecule has 2 fully saturated rings. The Labute approximate surface area is 159 Å². The summed E-state index contributed by atoms with van der Waals surface area (Å²) in [4.78, 5) is 12.3. The lowest BCUT2D eigenvalue weighted by molar-refractivity contribution is 0.112. The van der Waals surface area contributed by atoms with Gasteiger partial charge in [-0.25, -0.2) is 9.98 Å². The number of nitrogens with zero attached hydrogens (tertiary/aromatic N) is 6. The van der Waals surface area contributed by atoms with Gasteiger partial charge in [-0.3, -0.25) is 4.90 Å². The van der Waals surface area contributed by atoms with Gasteiger partial charge in [0.2, 0.25) is 0 Å². The lowest BCUT2D eigenvalue weighted by Gasteiger charge is -2.39. The van der Waals surface area contributed by atoms with Crippen LogP contribution >= 0.6 is 0 Å². The van der Waals surface area contributed by atoms with Gasteiger partial charge in [-0.1, -0.05) is 17.9 Å². The van der Waals surface area contributed by atoms with Crippen molar-refractivity contribution in [2.24, 2.45) is 9.98 Å². The van der Waals surface area contributed by atoms with Crippen molar-refractivity contribution in [2.45, 2.75) is 24.9 Å². The van der Waals surface area contributed by atoms with Crippen molar-refractivity contribution in [3.8, 4) is 24.0 Å². The van der Waals surface area contributed by atoms with Crippen molar-refractivity contribution < 1.29 is 0 Å². The van der Waals surface area contributed by atoms with E-state index in [1.807, 2.05) is 24.3 Å². The van der Waals surface area contributed by atoms with Crippen LogP contribution in [0.2, 0.25) is 0 Å². The van der Waals surface area contributed by atoms with Crippen LogP contribution in [0.1, 0.15) is 24.0 Å². The van der Waals surface area contributed by atoms with Crippen LogP contribution in [0.4, 0.5) is 0 Å². The minimum atomic E-state index is 0.208. The van der Waals surface area contributed by atoms with E-state index in [4.69, 9.17) is 5.26 Å². The Balaban J connectivity index is 1.72. The van der Waals surface area contributed by atoms with E-state index in [0.717, 1.165) is 38.0 Å². The number of fused-ring (bicyclic) bond motifs is 1. The van der Waals surface area contributed by atoms with E-state index in [0.29, 0.717) is 17.4 Å². The maximum absolute atomic E-state index is 9.20. The maximum Gasteiger partial charge on any atom is 0.182 e. The molecule has 2 aliphatic heterocycles. The summed E-state index contributed by atoms with van der Waals surface area (Å²) in [5.41, 5.74) is 1.71. The van der Waals surface area contributed by atoms with Crippen LogP contribution < -0.4 is 0 Å². The molecular weight excluding hydrogens is 336 g/mol. The van der Waals surface area contributed by atoms with Gasteiger partial charge >= 0.3 is 0 Å². The summed E-state index contributed by atoms with van der Waals surface area (Å²) in [6.45, 7) is 9.39. The van der Waals surface area contributed by atoms with E-state index in [9.17, 15) is 5.26 Å². The zero-order valence-electron chi connectivity index (χ0n) is 15.1. The highest BCUT2D eigenvalue weighted by Gasteiger charge is 2.37. The molecule has 1 aromatic rings. The van der Waals surface area contributed by atoms with Crippen LogP contribution in [0, 0.1) is 34.5 Å². The molecule has 2 heterocycles. The molecule has 0 bridgehead atoms. The molecule has 0 aliphatic carbocycles. The zero-order valence-corrected chi connectivity index (χ0v) is 15.1. The minimum Gasteiger partial charge on any atom is -0.351 e. The van der Waals surface area contributed by atoms with Gasteiger partial charge in [-0.2, -0.15) is 10.5 Å². The largest absolute Gasteiger partial charge is 0.351 e. The summed E-state index contributed by atoms with van der Waals surface area (Å²) in [5.74, 6) is 7.10. The monoisotopic (exact) mass is 356 g/mol. The first kappa shape index (κ1) is 18.4. The van der Waals surface area contributed by atoms with Crippen LogP contribution in [0.3, 0.4) is 0 Å². The van der Waals surface area contributed by atoms with Gasteiger partial charge in [0, 0.05) is 31.2 Å². The van der Waals surface area contributed by atoms with Gasteiger partial charge < -0.3 is 4.90 Å². The molecule has 6 heteroatoms. The summed E-state index contributed by atoms with van der Waals surface area (Å²) in [6, 6.07) is 12.1. The lowest BCUT2D eigenvalue weighted by atomic mass is 10.1. The number of nitriles is 2. The normalized spacial score (nSPS) is 22.4. The lowest BCUT2D eigenvalue weighted by Crippen LogP contribution is -2.51. The van der Waals surface area contributed by atoms with Crippen molar-refractivity contribution in [3.05, 3.63) is 46.9 Å². The third kappa shape index (κ3) is 3.90. The molecule has 2 unspecified atom stereocenters. The van der Waals surface area contributed by atoms with Gasteiger partial charge in [0.05, 0.1) is 17.7 Å². The highest BCUT2D eigenvalue weighted by Crippen LogP contribution is 2.29. The fourth-order valence-corrected chi connectivity index (χ4v) is 3.71. The number of aliphatic imine (C=N–C) groups is 2. The first-order valence-corrected chi connectivity index (χ1v) is 8.80. The van der Waals surface area contributed by atoms with Crippen LogP contribution in [0.15, 0.2) is 45.8 Å². The Morgan fingerprint density at radius 3 is 2.63 bits per heavy atom. The van der Waals surface area contributed by atoms with E-state index in [1.54, 1.807) is 6.07 Å². The van der Waals surface area contributed by atoms with E-state index in [2.05, 4.69) is 51.1 Å². The fraction of sp³-hybridized carbons (Fsp3) is 0.333. The summed E-state index contributed by atoms with van der Waals surface area (Å²) in [6.07, 6.45) is 2.05. The molecule has 0 aromatic heterocycles. The maximum atomic E-state index is 9.20. The standard InChI is InChI=1S/C21H20N6/c1-24-20(14-23)21(25-2)26-10-11-27-18(8-9-19(27)15-26)7-6-16-4-3-5-17(12-16)13-22/h3-5,12,18-19H,1-2,8-11,15H2/b21-20+. The molecule has 3 rings (SSSR count). The van der Waals surface area contributed by atoms with Crippen molar-refractivity contribution in [3.63, 3.8) is 0 Å². The van der Waals surface area contributed by atoms with Crippen LogP contribution in [0.5, 0.6) is 0 Å². The Hall–Kier alpha value is -3.40. The summed E-state index contributed by atoms with van der Waals surface area (Å²) >= 11 is 0. The Morgan fingerprint density at radius 2 is 1.93 bits per heavy atom. The highest BCUT2D eigenvalue weighted by atomic mass is 15.3. The van der Waals surface area contributed by atoms with E-state index in [1.165, 1.54) is 0 Å². The number of benzene rings is 1. The molecule has 1 aromatic carbocycles. The van der Waals surface area contributed by atoms with Crippen molar-refractivity contribution >= 4 is 13.4 Å². The molecule has 0 amide bonds. The molecule has 0 spiro atoms. The van der Waals surface area contributed by atoms with E-state index in [-0.39, 0.29) is 11.7 Å². The molecule has 27 heavy (non-hydrogen) atoms. The quantitative estimate of drug-likeness (QED) is 0.472. The topological polar surface area (TPSA) is 78.8 Å². The second-order valence-corrected chi connectivity index (χ2v) is 6.49. The Kier molecular flexibility index (Phi) is 5.67. The predicted molar refractivity (Wildman–Crippen MR) is 105 cm³/mol. The number of hydrogen-bond acceptors (Lipinski definition) is 6. The predicted octanol–water partition coefficient (Wildman–Crippen LogP) is 2.15. The summed E-state index contributed by atoms with van der Waals surface area (Å²) < 4.78 is 0. The number of allylic oxidation sites excluding steroid dienone is 1. The molecule has 2 saturated heterocycles. The number of rotatable bonds is 3. The smallest absolute Gasteiger partial charge is 0.182 e. The molecule has 0 radical (unpaired) electrons. The van der Waals surface area contributed by atoms with Crippen molar-refractivity contribution in [1.29, 1.82) is 10.5 Å². The van der Waals surface area contributed by atoms with Crippen LogP contribution in [0.25, 0.3) is 0 Å². The fourth-order valence-electron chi connectivity index (χ4n) is 3.71. The Bertz CT molecular complexity index is 920. The molecular formula is C21H20N6. The average molecular weight is 356 g/mol. The van der Waals surface area contributed by atoms with Crippen LogP contribution in [-0.4, -0.2) is 55.0 Å². The first-order valence-electron chi connectivity index (χ1n) is 8.80. The molecule has 2 aliphatic rings. The molecule has 134 valence electrons. The summed E-state index contributed by atoms with van der Waals surface area (Å²) in [5, 5.41) is 18.2. The van der Waals surface area contributed by atoms with Crippen molar-refractivity contribution in [2.75, 3.05) is 19.6 Å². The zero-order chi connectivity index (χ0) is 19.2. The Morgan fingerprint density at radius 1 is 1.11 bits per heavy atom. The molecule has 0 saturated carbocycles. The van der Waals surface area contributed by atoms with Gasteiger partial charge in [-0.05, 0) is 44.5 Å². The SMILES string of the molecule is C=N/C(C#N)=C(\N=C)N1CCN2C(C#Cc3cccc(C#N)c3)CCC2C1. The molecule has 2 atom stereocenters. The van der Waals surface area contributed by atoms with Gasteiger partial charge in [0.25, 0.3) is 0 Å². The second-order valence-electron chi connectivity index (χ2n) is 6.49. The van der Waals surface area contributed by atoms with Gasteiger partial charge in [0.1, 0.15) is 6.07 Å². The average Bonchev–Trinajstić information content (AvgIpc) is 3.12. The molecule has 6 nitrogen and oxygen atoms in total. The third-order valence-electron chi connectivity index (χ3n) is 5.00. The van der Waals surface area contributed by atoms with Crippen molar-refractivity contribution in [1.82, 2.24) is 9.80 Å². The summed E-state index contributed by atoms with van der Waals surface area (Å²) in [7, 11) is 0. The van der Waals surface area contributed by atoms with E-state index >= 15 is 0 Å². The van der Waals surface area contributed by atoms with Gasteiger partial charge in [-0.15, -0.1) is 0 Å². The highest BCUT2D eigenvalue weighted by molar-refractivity contribution is 5.42. The van der Waals surface area contributed by atoms with Crippen LogP contribution in [-0.2, 0) is 0 Å². The molecule has 0 N–H and O–H groups in total. The number of piperazine rings is 1. The minimum absolute atomic E-state index is 0.208. The number of hydrogen-bond donors (Lipinski definition) is 0. The van der Waals surface area contributed by atoms with E-state index < -0.39 is 0 Å². The van der Waals surface area contributed by atoms with Gasteiger partial charge in [0.15, 0.2) is 11.5 Å².